The molecule has 0 saturated heterocycles. The SMILES string of the molecule is CCNCCC(CO)C1CCCCCC1. The largest absolute Gasteiger partial charge is 0.396 e. The number of nitrogens with one attached hydrogen (secondary N) is 1. The highest BCUT2D eigenvalue weighted by Gasteiger charge is 2.21. The molecule has 1 aliphatic carbocycles. The molecule has 1 atom stereocenters. The van der Waals surface area contributed by atoms with Gasteiger partial charge in [0.25, 0.3) is 0 Å². The van der Waals surface area contributed by atoms with Crippen LogP contribution in [0.3, 0.4) is 0 Å². The van der Waals surface area contributed by atoms with Gasteiger partial charge in [-0.3, -0.25) is 0 Å². The predicted molar refractivity (Wildman–Crippen MR) is 64.9 cm³/mol. The molecule has 0 heterocycles. The van der Waals surface area contributed by atoms with E-state index in [4.69, 9.17) is 0 Å². The topological polar surface area (TPSA) is 32.3 Å². The third kappa shape index (κ3) is 4.98. The third-order valence-corrected chi connectivity index (χ3v) is 3.74. The number of hydrogen-bond donors (Lipinski definition) is 2. The molecule has 1 unspecified atom stereocenters. The van der Waals surface area contributed by atoms with Crippen molar-refractivity contribution in [2.45, 2.75) is 51.9 Å². The summed E-state index contributed by atoms with van der Waals surface area (Å²) in [5, 5.41) is 12.8. The molecular weight excluding hydrogens is 186 g/mol. The van der Waals surface area contributed by atoms with Gasteiger partial charge in [0, 0.05) is 6.61 Å². The molecule has 90 valence electrons. The molecular formula is C13H27NO. The Kier molecular flexibility index (Phi) is 7.03. The molecule has 0 bridgehead atoms. The summed E-state index contributed by atoms with van der Waals surface area (Å²) < 4.78 is 0. The Morgan fingerprint density at radius 1 is 1.20 bits per heavy atom. The van der Waals surface area contributed by atoms with E-state index < -0.39 is 0 Å². The van der Waals surface area contributed by atoms with Crippen molar-refractivity contribution in [3.05, 3.63) is 0 Å². The fraction of sp³-hybridized carbons (Fsp3) is 1.00. The van der Waals surface area contributed by atoms with Gasteiger partial charge in [0.2, 0.25) is 0 Å². The van der Waals surface area contributed by atoms with Gasteiger partial charge in [-0.05, 0) is 31.3 Å². The molecule has 15 heavy (non-hydrogen) atoms. The van der Waals surface area contributed by atoms with Crippen LogP contribution in [0.2, 0.25) is 0 Å². The maximum absolute atomic E-state index is 9.44. The van der Waals surface area contributed by atoms with Gasteiger partial charge in [0.1, 0.15) is 0 Å². The summed E-state index contributed by atoms with van der Waals surface area (Å²) in [6.07, 6.45) is 9.40. The maximum atomic E-state index is 9.44. The highest BCUT2D eigenvalue weighted by molar-refractivity contribution is 4.73. The maximum Gasteiger partial charge on any atom is 0.0462 e. The molecule has 2 heteroatoms. The molecule has 1 rings (SSSR count). The van der Waals surface area contributed by atoms with Crippen molar-refractivity contribution in [3.63, 3.8) is 0 Å². The minimum absolute atomic E-state index is 0.385. The van der Waals surface area contributed by atoms with Crippen LogP contribution in [0.25, 0.3) is 0 Å². The molecule has 0 aromatic rings. The van der Waals surface area contributed by atoms with Crippen molar-refractivity contribution >= 4 is 0 Å². The Balaban J connectivity index is 2.27. The van der Waals surface area contributed by atoms with Crippen LogP contribution in [0.1, 0.15) is 51.9 Å². The van der Waals surface area contributed by atoms with Crippen molar-refractivity contribution in [1.82, 2.24) is 5.32 Å². The summed E-state index contributed by atoms with van der Waals surface area (Å²) in [6, 6.07) is 0. The molecule has 0 amide bonds. The first-order chi connectivity index (χ1) is 7.38. The first kappa shape index (κ1) is 13.0. The van der Waals surface area contributed by atoms with Crippen LogP contribution in [0.15, 0.2) is 0 Å². The van der Waals surface area contributed by atoms with Gasteiger partial charge in [-0.15, -0.1) is 0 Å². The van der Waals surface area contributed by atoms with Crippen LogP contribution in [0, 0.1) is 11.8 Å². The van der Waals surface area contributed by atoms with Crippen molar-refractivity contribution in [2.24, 2.45) is 11.8 Å². The smallest absolute Gasteiger partial charge is 0.0462 e. The molecule has 1 aliphatic rings. The van der Waals surface area contributed by atoms with Gasteiger partial charge < -0.3 is 10.4 Å². The van der Waals surface area contributed by atoms with Gasteiger partial charge >= 0.3 is 0 Å². The van der Waals surface area contributed by atoms with E-state index in [9.17, 15) is 5.11 Å². The molecule has 1 saturated carbocycles. The van der Waals surface area contributed by atoms with Crippen LogP contribution in [0.4, 0.5) is 0 Å². The summed E-state index contributed by atoms with van der Waals surface area (Å²) >= 11 is 0. The summed E-state index contributed by atoms with van der Waals surface area (Å²) in [5.74, 6) is 1.33. The van der Waals surface area contributed by atoms with Crippen molar-refractivity contribution in [3.8, 4) is 0 Å². The van der Waals surface area contributed by atoms with Crippen LogP contribution in [0.5, 0.6) is 0 Å². The monoisotopic (exact) mass is 213 g/mol. The highest BCUT2D eigenvalue weighted by atomic mass is 16.3. The van der Waals surface area contributed by atoms with Crippen LogP contribution >= 0.6 is 0 Å². The van der Waals surface area contributed by atoms with Gasteiger partial charge in [0.05, 0.1) is 0 Å². The lowest BCUT2D eigenvalue weighted by Gasteiger charge is -2.24. The minimum atomic E-state index is 0.385. The van der Waals surface area contributed by atoms with E-state index in [1.54, 1.807) is 0 Å². The summed E-state index contributed by atoms with van der Waals surface area (Å²) in [6.45, 7) is 4.64. The Morgan fingerprint density at radius 3 is 2.40 bits per heavy atom. The fourth-order valence-electron chi connectivity index (χ4n) is 2.72. The number of aliphatic hydroxyl groups is 1. The van der Waals surface area contributed by atoms with E-state index in [1.165, 1.54) is 38.5 Å². The molecule has 2 nitrogen and oxygen atoms in total. The molecule has 0 aromatic carbocycles. The lowest BCUT2D eigenvalue weighted by atomic mass is 9.84. The Labute approximate surface area is 94.5 Å². The van der Waals surface area contributed by atoms with E-state index in [2.05, 4.69) is 12.2 Å². The Morgan fingerprint density at radius 2 is 1.87 bits per heavy atom. The van der Waals surface area contributed by atoms with Gasteiger partial charge in [-0.2, -0.15) is 0 Å². The average molecular weight is 213 g/mol. The van der Waals surface area contributed by atoms with Gasteiger partial charge in [-0.25, -0.2) is 0 Å². The second-order valence-corrected chi connectivity index (χ2v) is 4.84. The van der Waals surface area contributed by atoms with Crippen LogP contribution in [-0.2, 0) is 0 Å². The minimum Gasteiger partial charge on any atom is -0.396 e. The first-order valence-corrected chi connectivity index (χ1v) is 6.70. The zero-order chi connectivity index (χ0) is 10.9. The molecule has 0 aromatic heterocycles. The third-order valence-electron chi connectivity index (χ3n) is 3.74. The van der Waals surface area contributed by atoms with Crippen molar-refractivity contribution < 1.29 is 5.11 Å². The van der Waals surface area contributed by atoms with Gasteiger partial charge in [-0.1, -0.05) is 45.4 Å². The van der Waals surface area contributed by atoms with Crippen LogP contribution < -0.4 is 5.32 Å². The van der Waals surface area contributed by atoms with Crippen molar-refractivity contribution in [1.29, 1.82) is 0 Å². The lowest BCUT2D eigenvalue weighted by molar-refractivity contribution is 0.155. The Hall–Kier alpha value is -0.0800. The average Bonchev–Trinajstić information content (AvgIpc) is 2.53. The van der Waals surface area contributed by atoms with Crippen LogP contribution in [-0.4, -0.2) is 24.8 Å². The zero-order valence-corrected chi connectivity index (χ0v) is 10.2. The molecule has 1 fully saturated rings. The van der Waals surface area contributed by atoms with E-state index in [1.807, 2.05) is 0 Å². The van der Waals surface area contributed by atoms with Gasteiger partial charge in [0.15, 0.2) is 0 Å². The van der Waals surface area contributed by atoms with E-state index in [0.717, 1.165) is 25.4 Å². The Bertz CT molecular complexity index is 141. The summed E-state index contributed by atoms with van der Waals surface area (Å²) in [7, 11) is 0. The molecule has 2 N–H and O–H groups in total. The summed E-state index contributed by atoms with van der Waals surface area (Å²) in [5.41, 5.74) is 0. The fourth-order valence-corrected chi connectivity index (χ4v) is 2.72. The summed E-state index contributed by atoms with van der Waals surface area (Å²) in [4.78, 5) is 0. The van der Waals surface area contributed by atoms with Crippen molar-refractivity contribution in [2.75, 3.05) is 19.7 Å². The van der Waals surface area contributed by atoms with E-state index in [-0.39, 0.29) is 0 Å². The van der Waals surface area contributed by atoms with E-state index in [0.29, 0.717) is 12.5 Å². The van der Waals surface area contributed by atoms with E-state index >= 15 is 0 Å². The number of rotatable bonds is 6. The first-order valence-electron chi connectivity index (χ1n) is 6.70. The highest BCUT2D eigenvalue weighted by Crippen LogP contribution is 2.30. The second-order valence-electron chi connectivity index (χ2n) is 4.84. The molecule has 0 spiro atoms. The number of hydrogen-bond acceptors (Lipinski definition) is 2. The second kappa shape index (κ2) is 8.12. The zero-order valence-electron chi connectivity index (χ0n) is 10.2. The quantitative estimate of drug-likeness (QED) is 0.525. The lowest BCUT2D eigenvalue weighted by Crippen LogP contribution is -2.24. The standard InChI is InChI=1S/C13H27NO/c1-2-14-10-9-13(11-15)12-7-5-3-4-6-8-12/h12-15H,2-11H2,1H3. The molecule has 0 radical (unpaired) electrons. The number of aliphatic hydroxyl groups excluding tert-OH is 1. The predicted octanol–water partition coefficient (Wildman–Crippen LogP) is 2.56. The normalized spacial score (nSPS) is 21.2. The molecule has 0 aliphatic heterocycles.